The van der Waals surface area contributed by atoms with Crippen LogP contribution in [0.2, 0.25) is 0 Å². The molecule has 3 aliphatic rings. The molecular weight excluding hydrogens is 432 g/mol. The van der Waals surface area contributed by atoms with Gasteiger partial charge in [0.1, 0.15) is 18.2 Å². The first-order valence-corrected chi connectivity index (χ1v) is 12.2. The molecule has 2 aromatic rings. The van der Waals surface area contributed by atoms with Crippen molar-refractivity contribution in [2.45, 2.75) is 62.4 Å². The molecule has 0 aromatic heterocycles. The number of ether oxygens (including phenoxy) is 1. The lowest BCUT2D eigenvalue weighted by atomic mass is 9.92. The fourth-order valence-electron chi connectivity index (χ4n) is 5.91. The number of hydrogen-bond donors (Lipinski definition) is 2. The monoisotopic (exact) mass is 462 g/mol. The van der Waals surface area contributed by atoms with Crippen LogP contribution in [0.3, 0.4) is 0 Å². The maximum absolute atomic E-state index is 13.6. The highest BCUT2D eigenvalue weighted by atomic mass is 16.5. The van der Waals surface area contributed by atoms with Crippen LogP contribution in [0.15, 0.2) is 48.5 Å². The summed E-state index contributed by atoms with van der Waals surface area (Å²) in [5, 5.41) is 12.5. The quantitative estimate of drug-likeness (QED) is 0.691. The van der Waals surface area contributed by atoms with Crippen molar-refractivity contribution in [1.82, 2.24) is 10.2 Å². The van der Waals surface area contributed by atoms with E-state index in [1.807, 2.05) is 24.3 Å². The van der Waals surface area contributed by atoms with E-state index in [0.29, 0.717) is 25.8 Å². The van der Waals surface area contributed by atoms with Crippen molar-refractivity contribution < 1.29 is 24.2 Å². The molecule has 2 aliphatic carbocycles. The lowest BCUT2D eigenvalue weighted by Gasteiger charge is -2.39. The number of aliphatic carboxylic acids is 1. The predicted octanol–water partition coefficient (Wildman–Crippen LogP) is 4.30. The second-order valence-electron chi connectivity index (χ2n) is 9.59. The minimum Gasteiger partial charge on any atom is -0.480 e. The summed E-state index contributed by atoms with van der Waals surface area (Å²) in [6.07, 6.45) is 3.99. The molecular formula is C27H30N2O5. The number of piperidine rings is 1. The number of carbonyl (C=O) groups is 3. The summed E-state index contributed by atoms with van der Waals surface area (Å²) >= 11 is 0. The predicted molar refractivity (Wildman–Crippen MR) is 126 cm³/mol. The van der Waals surface area contributed by atoms with Gasteiger partial charge in [-0.2, -0.15) is 0 Å². The van der Waals surface area contributed by atoms with E-state index in [9.17, 15) is 19.5 Å². The average Bonchev–Trinajstić information content (AvgIpc) is 3.46. The second-order valence-corrected chi connectivity index (χ2v) is 9.59. The van der Waals surface area contributed by atoms with Crippen molar-refractivity contribution in [3.05, 3.63) is 59.7 Å². The maximum Gasteiger partial charge on any atom is 0.408 e. The first kappa shape index (κ1) is 22.4. The van der Waals surface area contributed by atoms with Crippen molar-refractivity contribution in [2.24, 2.45) is 0 Å². The number of rotatable bonds is 5. The lowest BCUT2D eigenvalue weighted by molar-refractivity contribution is -0.155. The third kappa shape index (κ3) is 3.93. The van der Waals surface area contributed by atoms with Crippen LogP contribution in [0.4, 0.5) is 4.79 Å². The van der Waals surface area contributed by atoms with Crippen LogP contribution >= 0.6 is 0 Å². The van der Waals surface area contributed by atoms with Gasteiger partial charge in [-0.15, -0.1) is 0 Å². The van der Waals surface area contributed by atoms with Crippen molar-refractivity contribution in [1.29, 1.82) is 0 Å². The van der Waals surface area contributed by atoms with Crippen LogP contribution in [0.1, 0.15) is 62.0 Å². The summed E-state index contributed by atoms with van der Waals surface area (Å²) in [5.74, 6) is -1.33. The van der Waals surface area contributed by atoms with Gasteiger partial charge >= 0.3 is 12.1 Å². The molecule has 0 bridgehead atoms. The Morgan fingerprint density at radius 2 is 1.56 bits per heavy atom. The number of nitrogens with zero attached hydrogens (tertiary/aromatic N) is 1. The topological polar surface area (TPSA) is 95.9 Å². The third-order valence-electron chi connectivity index (χ3n) is 7.60. The summed E-state index contributed by atoms with van der Waals surface area (Å²) in [5.41, 5.74) is 3.47. The van der Waals surface area contributed by atoms with E-state index in [1.165, 1.54) is 4.90 Å². The van der Waals surface area contributed by atoms with Gasteiger partial charge in [-0.3, -0.25) is 4.79 Å². The van der Waals surface area contributed by atoms with E-state index in [4.69, 9.17) is 4.74 Å². The molecule has 1 aliphatic heterocycles. The molecule has 2 fully saturated rings. The number of amides is 2. The number of hydrogen-bond acceptors (Lipinski definition) is 4. The van der Waals surface area contributed by atoms with Crippen LogP contribution in [0, 0.1) is 0 Å². The molecule has 7 heteroatoms. The standard InChI is InChI=1S/C27H30N2O5/c30-24(31)23-13-5-8-16-29(23)25(32)27(14-6-7-15-27)28-26(33)34-17-22-20-11-3-1-9-18(20)19-10-2-4-12-21(19)22/h1-4,9-12,22-23H,5-8,13-17H2,(H,28,33)(H,30,31)/t23-/m0/s1. The number of alkyl carbamates (subject to hydrolysis) is 1. The normalized spacial score (nSPS) is 20.9. The summed E-state index contributed by atoms with van der Waals surface area (Å²) in [6, 6.07) is 15.4. The van der Waals surface area contributed by atoms with Gasteiger partial charge in [-0.25, -0.2) is 9.59 Å². The van der Waals surface area contributed by atoms with E-state index in [2.05, 4.69) is 29.6 Å². The number of fused-ring (bicyclic) bond motifs is 3. The Kier molecular flexibility index (Phi) is 6.02. The smallest absolute Gasteiger partial charge is 0.408 e. The Bertz CT molecular complexity index is 1060. The molecule has 1 saturated carbocycles. The second kappa shape index (κ2) is 9.12. The molecule has 2 aromatic carbocycles. The average molecular weight is 463 g/mol. The fourth-order valence-corrected chi connectivity index (χ4v) is 5.91. The highest BCUT2D eigenvalue weighted by Gasteiger charge is 2.48. The van der Waals surface area contributed by atoms with Gasteiger partial charge in [0.2, 0.25) is 5.91 Å². The number of carbonyl (C=O) groups excluding carboxylic acids is 2. The Morgan fingerprint density at radius 3 is 2.18 bits per heavy atom. The zero-order valence-electron chi connectivity index (χ0n) is 19.2. The van der Waals surface area contributed by atoms with Crippen LogP contribution in [0.25, 0.3) is 11.1 Å². The fraction of sp³-hybridized carbons (Fsp3) is 0.444. The van der Waals surface area contributed by atoms with E-state index in [-0.39, 0.29) is 18.4 Å². The summed E-state index contributed by atoms with van der Waals surface area (Å²) in [6.45, 7) is 0.579. The third-order valence-corrected chi connectivity index (χ3v) is 7.60. The molecule has 1 atom stereocenters. The van der Waals surface area contributed by atoms with Crippen LogP contribution in [0.5, 0.6) is 0 Å². The van der Waals surface area contributed by atoms with Crippen molar-refractivity contribution in [3.8, 4) is 11.1 Å². The Morgan fingerprint density at radius 1 is 0.941 bits per heavy atom. The summed E-state index contributed by atoms with van der Waals surface area (Å²) in [4.78, 5) is 39.7. The number of carboxylic acids is 1. The van der Waals surface area contributed by atoms with Crippen LogP contribution in [-0.4, -0.2) is 52.7 Å². The largest absolute Gasteiger partial charge is 0.480 e. The molecule has 0 radical (unpaired) electrons. The lowest BCUT2D eigenvalue weighted by Crippen LogP contribution is -2.62. The van der Waals surface area contributed by atoms with E-state index in [0.717, 1.165) is 47.9 Å². The molecule has 0 unspecified atom stereocenters. The Hall–Kier alpha value is -3.35. The van der Waals surface area contributed by atoms with E-state index >= 15 is 0 Å². The van der Waals surface area contributed by atoms with Gasteiger partial charge in [0.15, 0.2) is 0 Å². The van der Waals surface area contributed by atoms with Crippen molar-refractivity contribution >= 4 is 18.0 Å². The Labute approximate surface area is 199 Å². The minimum absolute atomic E-state index is 0.0631. The molecule has 5 rings (SSSR count). The number of nitrogens with one attached hydrogen (secondary N) is 1. The SMILES string of the molecule is O=C(NC1(C(=O)N2CCCC[C@H]2C(=O)O)CCCC1)OCC1c2ccccc2-c2ccccc21. The van der Waals surface area contributed by atoms with Gasteiger partial charge in [0.25, 0.3) is 0 Å². The Balaban J connectivity index is 1.30. The number of likely N-dealkylation sites (tertiary alicyclic amines) is 1. The zero-order valence-corrected chi connectivity index (χ0v) is 19.2. The molecule has 1 saturated heterocycles. The highest BCUT2D eigenvalue weighted by molar-refractivity contribution is 5.93. The van der Waals surface area contributed by atoms with Gasteiger partial charge in [-0.05, 0) is 54.4 Å². The molecule has 2 amide bonds. The van der Waals surface area contributed by atoms with Gasteiger partial charge in [-0.1, -0.05) is 61.4 Å². The molecule has 34 heavy (non-hydrogen) atoms. The maximum atomic E-state index is 13.6. The number of benzene rings is 2. The first-order valence-electron chi connectivity index (χ1n) is 12.2. The summed E-state index contributed by atoms with van der Waals surface area (Å²) in [7, 11) is 0. The van der Waals surface area contributed by atoms with Gasteiger partial charge < -0.3 is 20.1 Å². The van der Waals surface area contributed by atoms with Crippen molar-refractivity contribution in [3.63, 3.8) is 0 Å². The minimum atomic E-state index is -1.09. The molecule has 178 valence electrons. The summed E-state index contributed by atoms with van der Waals surface area (Å²) < 4.78 is 5.70. The van der Waals surface area contributed by atoms with Gasteiger partial charge in [0.05, 0.1) is 0 Å². The molecule has 2 N–H and O–H groups in total. The van der Waals surface area contributed by atoms with Crippen LogP contribution < -0.4 is 5.32 Å². The first-order chi connectivity index (χ1) is 16.5. The zero-order chi connectivity index (χ0) is 23.7. The van der Waals surface area contributed by atoms with Crippen molar-refractivity contribution in [2.75, 3.05) is 13.2 Å². The molecule has 1 heterocycles. The van der Waals surface area contributed by atoms with Crippen LogP contribution in [-0.2, 0) is 14.3 Å². The van der Waals surface area contributed by atoms with Gasteiger partial charge in [0, 0.05) is 12.5 Å². The van der Waals surface area contributed by atoms with E-state index < -0.39 is 23.6 Å². The highest BCUT2D eigenvalue weighted by Crippen LogP contribution is 2.44. The molecule has 0 spiro atoms. The van der Waals surface area contributed by atoms with E-state index in [1.54, 1.807) is 0 Å². The molecule has 7 nitrogen and oxygen atoms in total. The number of carboxylic acid groups (broad SMARTS) is 1.